The first-order chi connectivity index (χ1) is 17.7. The highest BCUT2D eigenvalue weighted by molar-refractivity contribution is 8.14. The lowest BCUT2D eigenvalue weighted by Crippen LogP contribution is -2.30. The lowest BCUT2D eigenvalue weighted by atomic mass is 10.1. The van der Waals surface area contributed by atoms with Crippen molar-refractivity contribution >= 4 is 45.2 Å². The molecule has 2 aliphatic heterocycles. The van der Waals surface area contributed by atoms with Gasteiger partial charge in [-0.3, -0.25) is 4.79 Å². The first kappa shape index (κ1) is 27.2. The zero-order valence-corrected chi connectivity index (χ0v) is 22.8. The second-order valence-electron chi connectivity index (χ2n) is 9.98. The van der Waals surface area contributed by atoms with E-state index >= 15 is 4.39 Å². The van der Waals surface area contributed by atoms with Crippen LogP contribution in [0.2, 0.25) is 0 Å². The minimum atomic E-state index is -1.36. The zero-order valence-electron chi connectivity index (χ0n) is 21.9. The Labute approximate surface area is 220 Å². The van der Waals surface area contributed by atoms with Crippen LogP contribution in [0.5, 0.6) is 0 Å². The Morgan fingerprint density at radius 2 is 1.68 bits per heavy atom. The van der Waals surface area contributed by atoms with E-state index < -0.39 is 22.8 Å². The van der Waals surface area contributed by atoms with Crippen LogP contribution in [0.25, 0.3) is 10.9 Å². The Morgan fingerprint density at radius 1 is 1.08 bits per heavy atom. The third-order valence-corrected chi connectivity index (χ3v) is 7.61. The minimum absolute atomic E-state index is 0.0211. The number of hydrogen-bond acceptors (Lipinski definition) is 9. The third kappa shape index (κ3) is 5.86. The van der Waals surface area contributed by atoms with Crippen molar-refractivity contribution in [2.75, 3.05) is 78.1 Å². The van der Waals surface area contributed by atoms with Gasteiger partial charge in [0.2, 0.25) is 5.43 Å². The molecule has 1 saturated heterocycles. The number of likely N-dealkylation sites (tertiary alicyclic amines) is 1. The van der Waals surface area contributed by atoms with E-state index in [4.69, 9.17) is 5.10 Å². The molecule has 0 spiro atoms. The van der Waals surface area contributed by atoms with Crippen LogP contribution < -0.4 is 16.1 Å². The molecule has 3 N–H and O–H groups in total. The average molecular weight is 534 g/mol. The van der Waals surface area contributed by atoms with Gasteiger partial charge in [0.1, 0.15) is 5.56 Å². The lowest BCUT2D eigenvalue weighted by Gasteiger charge is -2.28. The van der Waals surface area contributed by atoms with E-state index in [2.05, 4.69) is 20.4 Å². The highest BCUT2D eigenvalue weighted by Crippen LogP contribution is 2.44. The number of aromatic carboxylic acids is 1. The van der Waals surface area contributed by atoms with Crippen molar-refractivity contribution in [1.82, 2.24) is 19.4 Å². The summed E-state index contributed by atoms with van der Waals surface area (Å²) in [4.78, 5) is 32.2. The van der Waals surface area contributed by atoms with Gasteiger partial charge in [-0.05, 0) is 78.7 Å². The largest absolute Gasteiger partial charge is 0.477 e. The average Bonchev–Trinajstić information content (AvgIpc) is 3.38. The monoisotopic (exact) mass is 533 g/mol. The van der Waals surface area contributed by atoms with Crippen molar-refractivity contribution in [3.8, 4) is 0 Å². The normalized spacial score (nSPS) is 15.1. The number of aromatic nitrogens is 1. The Bertz CT molecular complexity index is 1260. The summed E-state index contributed by atoms with van der Waals surface area (Å²) in [7, 11) is 7.89. The van der Waals surface area contributed by atoms with Crippen LogP contribution in [0.4, 0.5) is 15.8 Å². The third-order valence-electron chi connectivity index (χ3n) is 6.48. The summed E-state index contributed by atoms with van der Waals surface area (Å²) in [6.07, 6.45) is 4.85. The molecule has 0 saturated carbocycles. The summed E-state index contributed by atoms with van der Waals surface area (Å²) < 4.78 is 17.7. The predicted molar refractivity (Wildman–Crippen MR) is 148 cm³/mol. The molecule has 0 atom stereocenters. The number of nitrogens with one attached hydrogen (secondary N) is 2. The van der Waals surface area contributed by atoms with Gasteiger partial charge in [0.05, 0.1) is 27.2 Å². The fraction of sp³-hybridized carbons (Fsp3) is 0.560. The molecule has 1 fully saturated rings. The van der Waals surface area contributed by atoms with Crippen LogP contribution in [0.1, 0.15) is 36.0 Å². The SMILES string of the molecule is CN(C)CCCNc1c(F)c(NCCCN(C)C)c2c(=O)c(C(=O)O)cn3c2c1SC(N1CCCC1)=N3. The second-order valence-corrected chi connectivity index (χ2v) is 11.0. The van der Waals surface area contributed by atoms with Gasteiger partial charge >= 0.3 is 5.97 Å². The quantitative estimate of drug-likeness (QED) is 0.376. The maximum Gasteiger partial charge on any atom is 0.341 e. The zero-order chi connectivity index (χ0) is 26.7. The molecule has 2 aliphatic rings. The van der Waals surface area contributed by atoms with Gasteiger partial charge in [-0.25, -0.2) is 13.9 Å². The van der Waals surface area contributed by atoms with Gasteiger partial charge in [0, 0.05) is 32.4 Å². The smallest absolute Gasteiger partial charge is 0.341 e. The van der Waals surface area contributed by atoms with E-state index in [9.17, 15) is 14.7 Å². The standard InChI is InChI=1S/C25H36FN7O3S/c1-30(2)11-7-9-27-19-17-21-23(20(18(19)26)28-10-8-12-31(3)4)37-25(32-13-5-6-14-32)29-33(21)15-16(22(17)34)24(35)36/h15,27-28H,5-14H2,1-4H3,(H,35,36). The number of thioether (sulfide) groups is 1. The van der Waals surface area contributed by atoms with Gasteiger partial charge < -0.3 is 30.4 Å². The van der Waals surface area contributed by atoms with Crippen LogP contribution in [0.3, 0.4) is 0 Å². The van der Waals surface area contributed by atoms with Crippen molar-refractivity contribution in [3.05, 3.63) is 27.8 Å². The molecule has 3 heterocycles. The van der Waals surface area contributed by atoms with Crippen molar-refractivity contribution in [1.29, 1.82) is 0 Å². The molecule has 0 aliphatic carbocycles. The lowest BCUT2D eigenvalue weighted by molar-refractivity contribution is 0.0695. The number of carboxylic acids is 1. The Balaban J connectivity index is 1.88. The molecular formula is C25H36FN7O3S. The molecule has 1 aromatic heterocycles. The molecule has 12 heteroatoms. The van der Waals surface area contributed by atoms with E-state index in [-0.39, 0.29) is 11.1 Å². The molecule has 2 aromatic rings. The van der Waals surface area contributed by atoms with Gasteiger partial charge in [-0.1, -0.05) is 0 Å². The van der Waals surface area contributed by atoms with E-state index in [1.807, 2.05) is 33.1 Å². The minimum Gasteiger partial charge on any atom is -0.477 e. The number of carbonyl (C=O) groups is 1. The van der Waals surface area contributed by atoms with Gasteiger partial charge in [0.15, 0.2) is 11.0 Å². The highest BCUT2D eigenvalue weighted by Gasteiger charge is 2.32. The molecule has 0 bridgehead atoms. The van der Waals surface area contributed by atoms with E-state index in [0.29, 0.717) is 34.4 Å². The van der Waals surface area contributed by atoms with Crippen LogP contribution >= 0.6 is 11.8 Å². The topological polar surface area (TPSA) is 105 Å². The maximum atomic E-state index is 16.3. The van der Waals surface area contributed by atoms with Gasteiger partial charge in [-0.15, -0.1) is 5.10 Å². The number of benzene rings is 1. The molecular weight excluding hydrogens is 497 g/mol. The number of halogens is 1. The fourth-order valence-electron chi connectivity index (χ4n) is 4.62. The summed E-state index contributed by atoms with van der Waals surface area (Å²) in [5.41, 5.74) is -0.385. The summed E-state index contributed by atoms with van der Waals surface area (Å²) in [5, 5.41) is 21.6. The summed E-state index contributed by atoms with van der Waals surface area (Å²) >= 11 is 1.34. The van der Waals surface area contributed by atoms with E-state index in [1.54, 1.807) is 0 Å². The molecule has 0 unspecified atom stereocenters. The number of carboxylic acid groups (broad SMARTS) is 1. The first-order valence-electron chi connectivity index (χ1n) is 12.7. The van der Waals surface area contributed by atoms with Crippen LogP contribution in [-0.4, -0.2) is 103 Å². The van der Waals surface area contributed by atoms with Crippen LogP contribution in [-0.2, 0) is 0 Å². The molecule has 1 aromatic carbocycles. The van der Waals surface area contributed by atoms with Crippen LogP contribution in [0, 0.1) is 5.82 Å². The highest BCUT2D eigenvalue weighted by atomic mass is 32.2. The summed E-state index contributed by atoms with van der Waals surface area (Å²) in [5.74, 6) is -1.93. The predicted octanol–water partition coefficient (Wildman–Crippen LogP) is 2.89. The molecule has 0 radical (unpaired) electrons. The summed E-state index contributed by atoms with van der Waals surface area (Å²) in [6.45, 7) is 4.25. The van der Waals surface area contributed by atoms with E-state index in [0.717, 1.165) is 51.9 Å². The number of pyridine rings is 1. The van der Waals surface area contributed by atoms with Crippen molar-refractivity contribution < 1.29 is 14.3 Å². The van der Waals surface area contributed by atoms with Crippen molar-refractivity contribution in [2.24, 2.45) is 5.10 Å². The number of rotatable bonds is 11. The second kappa shape index (κ2) is 11.7. The van der Waals surface area contributed by atoms with Crippen LogP contribution in [0.15, 0.2) is 21.0 Å². The molecule has 4 rings (SSSR count). The Hall–Kier alpha value is -2.83. The number of hydrogen-bond donors (Lipinski definition) is 3. The number of amidine groups is 1. The Kier molecular flexibility index (Phi) is 8.60. The summed E-state index contributed by atoms with van der Waals surface area (Å²) in [6, 6.07) is 0. The molecule has 37 heavy (non-hydrogen) atoms. The van der Waals surface area contributed by atoms with Gasteiger partial charge in [-0.2, -0.15) is 0 Å². The van der Waals surface area contributed by atoms with Crippen molar-refractivity contribution in [2.45, 2.75) is 30.6 Å². The first-order valence-corrected chi connectivity index (χ1v) is 13.5. The maximum absolute atomic E-state index is 16.3. The van der Waals surface area contributed by atoms with E-state index in [1.165, 1.54) is 22.6 Å². The number of nitrogens with zero attached hydrogens (tertiary/aromatic N) is 5. The van der Waals surface area contributed by atoms with Crippen molar-refractivity contribution in [3.63, 3.8) is 0 Å². The molecule has 10 nitrogen and oxygen atoms in total. The molecule has 202 valence electrons. The molecule has 0 amide bonds. The fourth-order valence-corrected chi connectivity index (χ4v) is 5.80. The Morgan fingerprint density at radius 3 is 2.24 bits per heavy atom. The number of anilines is 2. The van der Waals surface area contributed by atoms with Gasteiger partial charge in [0.25, 0.3) is 0 Å².